The second-order valence-corrected chi connectivity index (χ2v) is 8.54. The molecule has 0 spiro atoms. The van der Waals surface area contributed by atoms with Crippen LogP contribution in [0.2, 0.25) is 5.02 Å². The SMILES string of the molecule is CNC(=O)CN/C=C(\C=N)c1nc(NCc2cccc(Cl)c2)c2cc(-c3c(C)noc3C)ccc2n1. The van der Waals surface area contributed by atoms with E-state index in [-0.39, 0.29) is 12.5 Å². The molecular formula is C26H26ClN7O2. The van der Waals surface area contributed by atoms with Crippen LogP contribution in [0.1, 0.15) is 22.8 Å². The van der Waals surface area contributed by atoms with Gasteiger partial charge < -0.3 is 25.9 Å². The van der Waals surface area contributed by atoms with Crippen molar-refractivity contribution in [2.75, 3.05) is 18.9 Å². The zero-order valence-corrected chi connectivity index (χ0v) is 20.9. The normalized spacial score (nSPS) is 11.4. The number of aromatic nitrogens is 3. The molecule has 2 aromatic heterocycles. The van der Waals surface area contributed by atoms with Gasteiger partial charge in [0.2, 0.25) is 5.91 Å². The standard InChI is InChI=1S/C26H26ClN7O2/c1-15-24(16(2)36-34-15)18-7-8-22-21(10-18)26(31-12-17-5-4-6-20(27)9-17)33-25(32-22)19(11-28)13-30-14-23(35)29-3/h4-11,13,28,30H,12,14H2,1-3H3,(H,29,35)(H,31,32,33)/b19-13+,28-11?. The summed E-state index contributed by atoms with van der Waals surface area (Å²) in [6.45, 7) is 4.34. The molecule has 2 heterocycles. The second kappa shape index (κ2) is 11.0. The summed E-state index contributed by atoms with van der Waals surface area (Å²) in [7, 11) is 1.56. The number of anilines is 1. The van der Waals surface area contributed by atoms with E-state index in [1.165, 1.54) is 0 Å². The van der Waals surface area contributed by atoms with Crippen LogP contribution in [0.15, 0.2) is 53.2 Å². The van der Waals surface area contributed by atoms with Crippen molar-refractivity contribution < 1.29 is 9.32 Å². The van der Waals surface area contributed by atoms with Gasteiger partial charge in [-0.15, -0.1) is 0 Å². The van der Waals surface area contributed by atoms with Crippen LogP contribution in [0.4, 0.5) is 5.82 Å². The van der Waals surface area contributed by atoms with Gasteiger partial charge in [-0.2, -0.15) is 0 Å². The molecular weight excluding hydrogens is 478 g/mol. The molecule has 10 heteroatoms. The number of carbonyl (C=O) groups is 1. The molecule has 4 aromatic rings. The lowest BCUT2D eigenvalue weighted by Gasteiger charge is -2.13. The number of halogens is 1. The fraction of sp³-hybridized carbons (Fsp3) is 0.192. The maximum Gasteiger partial charge on any atom is 0.239 e. The van der Waals surface area contributed by atoms with E-state index in [4.69, 9.17) is 26.5 Å². The van der Waals surface area contributed by atoms with E-state index in [1.54, 1.807) is 13.2 Å². The smallest absolute Gasteiger partial charge is 0.239 e. The number of aryl methyl sites for hydroxylation is 2. The van der Waals surface area contributed by atoms with Crippen molar-refractivity contribution >= 4 is 46.0 Å². The van der Waals surface area contributed by atoms with Crippen LogP contribution in [0.3, 0.4) is 0 Å². The molecule has 0 aliphatic heterocycles. The highest BCUT2D eigenvalue weighted by atomic mass is 35.5. The number of nitrogens with one attached hydrogen (secondary N) is 4. The largest absolute Gasteiger partial charge is 0.381 e. The first kappa shape index (κ1) is 24.9. The zero-order chi connectivity index (χ0) is 25.7. The Morgan fingerprint density at radius 2 is 2.00 bits per heavy atom. The minimum Gasteiger partial charge on any atom is -0.381 e. The maximum absolute atomic E-state index is 11.5. The van der Waals surface area contributed by atoms with E-state index in [0.717, 1.165) is 39.7 Å². The van der Waals surface area contributed by atoms with Crippen molar-refractivity contribution in [2.45, 2.75) is 20.4 Å². The molecule has 0 aliphatic rings. The number of allylic oxidation sites excluding steroid dienone is 1. The van der Waals surface area contributed by atoms with Crippen LogP contribution in [0.25, 0.3) is 27.6 Å². The summed E-state index contributed by atoms with van der Waals surface area (Å²) >= 11 is 6.16. The minimum atomic E-state index is -0.175. The molecule has 184 valence electrons. The van der Waals surface area contributed by atoms with Crippen molar-refractivity contribution in [3.63, 3.8) is 0 Å². The maximum atomic E-state index is 11.5. The predicted octanol–water partition coefficient (Wildman–Crippen LogP) is 4.49. The molecule has 1 amide bonds. The second-order valence-electron chi connectivity index (χ2n) is 8.11. The molecule has 0 fully saturated rings. The number of hydrogen-bond donors (Lipinski definition) is 4. The number of benzene rings is 2. The molecule has 9 nitrogen and oxygen atoms in total. The third kappa shape index (κ3) is 5.52. The lowest BCUT2D eigenvalue weighted by molar-refractivity contribution is -0.119. The van der Waals surface area contributed by atoms with E-state index >= 15 is 0 Å². The highest BCUT2D eigenvalue weighted by molar-refractivity contribution is 6.30. The van der Waals surface area contributed by atoms with Gasteiger partial charge in [0.05, 0.1) is 23.3 Å². The van der Waals surface area contributed by atoms with Gasteiger partial charge >= 0.3 is 0 Å². The highest BCUT2D eigenvalue weighted by Crippen LogP contribution is 2.32. The molecule has 0 radical (unpaired) electrons. The van der Waals surface area contributed by atoms with E-state index in [2.05, 4.69) is 26.1 Å². The van der Waals surface area contributed by atoms with Crippen molar-refractivity contribution in [2.24, 2.45) is 0 Å². The average Bonchev–Trinajstić information content (AvgIpc) is 3.22. The molecule has 0 saturated heterocycles. The van der Waals surface area contributed by atoms with Gasteiger partial charge in [0.1, 0.15) is 11.6 Å². The van der Waals surface area contributed by atoms with Crippen LogP contribution >= 0.6 is 11.6 Å². The van der Waals surface area contributed by atoms with Gasteiger partial charge in [0.15, 0.2) is 5.82 Å². The van der Waals surface area contributed by atoms with E-state index in [0.29, 0.717) is 34.3 Å². The third-order valence-corrected chi connectivity index (χ3v) is 5.81. The van der Waals surface area contributed by atoms with Crippen molar-refractivity contribution in [3.8, 4) is 11.1 Å². The van der Waals surface area contributed by atoms with Gasteiger partial charge in [-0.05, 0) is 49.2 Å². The lowest BCUT2D eigenvalue weighted by atomic mass is 10.0. The Balaban J connectivity index is 1.78. The van der Waals surface area contributed by atoms with Gasteiger partial charge in [-0.1, -0.05) is 35.0 Å². The molecule has 2 aromatic carbocycles. The Hall–Kier alpha value is -4.24. The fourth-order valence-corrected chi connectivity index (χ4v) is 4.00. The Kier molecular flexibility index (Phi) is 7.60. The summed E-state index contributed by atoms with van der Waals surface area (Å²) < 4.78 is 5.36. The third-order valence-electron chi connectivity index (χ3n) is 5.58. The Morgan fingerprint density at radius 3 is 2.69 bits per heavy atom. The van der Waals surface area contributed by atoms with E-state index in [1.807, 2.05) is 56.3 Å². The topological polar surface area (TPSA) is 129 Å². The van der Waals surface area contributed by atoms with Gasteiger partial charge in [-0.25, -0.2) is 9.97 Å². The summed E-state index contributed by atoms with van der Waals surface area (Å²) in [5.74, 6) is 1.50. The van der Waals surface area contributed by atoms with E-state index < -0.39 is 0 Å². The van der Waals surface area contributed by atoms with Gasteiger partial charge in [-0.3, -0.25) is 4.79 Å². The molecule has 0 bridgehead atoms. The number of amides is 1. The van der Waals surface area contributed by atoms with E-state index in [9.17, 15) is 4.79 Å². The molecule has 36 heavy (non-hydrogen) atoms. The molecule has 0 unspecified atom stereocenters. The number of hydrogen-bond acceptors (Lipinski definition) is 8. The molecule has 4 rings (SSSR count). The monoisotopic (exact) mass is 503 g/mol. The van der Waals surface area contributed by atoms with Crippen LogP contribution in [-0.2, 0) is 11.3 Å². The Bertz CT molecular complexity index is 1440. The van der Waals surface area contributed by atoms with Crippen molar-refractivity contribution in [3.05, 3.63) is 76.5 Å². The lowest BCUT2D eigenvalue weighted by Crippen LogP contribution is -2.28. The predicted molar refractivity (Wildman–Crippen MR) is 142 cm³/mol. The van der Waals surface area contributed by atoms with Gasteiger partial charge in [0, 0.05) is 42.0 Å². The molecule has 0 saturated carbocycles. The summed E-state index contributed by atoms with van der Waals surface area (Å²) in [4.78, 5) is 21.0. The fourth-order valence-electron chi connectivity index (χ4n) is 3.79. The number of fused-ring (bicyclic) bond motifs is 1. The summed E-state index contributed by atoms with van der Waals surface area (Å²) in [5, 5.41) is 22.2. The number of carbonyl (C=O) groups excluding carboxylic acids is 1. The van der Waals surface area contributed by atoms with Gasteiger partial charge in [0.25, 0.3) is 0 Å². The van der Waals surface area contributed by atoms with Crippen LogP contribution in [0.5, 0.6) is 0 Å². The average molecular weight is 504 g/mol. The Morgan fingerprint density at radius 1 is 1.17 bits per heavy atom. The van der Waals surface area contributed by atoms with Crippen LogP contribution < -0.4 is 16.0 Å². The minimum absolute atomic E-state index is 0.0715. The van der Waals surface area contributed by atoms with Crippen molar-refractivity contribution in [1.29, 1.82) is 5.41 Å². The first-order chi connectivity index (χ1) is 17.4. The first-order valence-corrected chi connectivity index (χ1v) is 11.7. The number of rotatable bonds is 9. The van der Waals surface area contributed by atoms with Crippen molar-refractivity contribution in [1.82, 2.24) is 25.8 Å². The summed E-state index contributed by atoms with van der Waals surface area (Å²) in [6.07, 6.45) is 2.71. The number of likely N-dealkylation sites (N-methyl/N-ethyl adjacent to an activating group) is 1. The van der Waals surface area contributed by atoms with Crippen LogP contribution in [0, 0.1) is 19.3 Å². The molecule has 4 N–H and O–H groups in total. The molecule has 0 aliphatic carbocycles. The summed E-state index contributed by atoms with van der Waals surface area (Å²) in [6, 6.07) is 13.5. The quantitative estimate of drug-likeness (QED) is 0.247. The molecule has 0 atom stereocenters. The highest BCUT2D eigenvalue weighted by Gasteiger charge is 2.16. The van der Waals surface area contributed by atoms with Crippen LogP contribution in [-0.4, -0.2) is 40.8 Å². The first-order valence-electron chi connectivity index (χ1n) is 11.3. The Labute approximate surface area is 213 Å². The number of nitrogens with zero attached hydrogens (tertiary/aromatic N) is 3. The summed E-state index contributed by atoms with van der Waals surface area (Å²) in [5.41, 5.74) is 4.79. The zero-order valence-electron chi connectivity index (χ0n) is 20.1.